The summed E-state index contributed by atoms with van der Waals surface area (Å²) in [5.41, 5.74) is 7.48. The number of nitrogen functional groups attached to an aromatic ring is 1. The van der Waals surface area contributed by atoms with Crippen LogP contribution in [0.25, 0.3) is 11.4 Å². The van der Waals surface area contributed by atoms with Gasteiger partial charge in [-0.25, -0.2) is 23.1 Å². The molecule has 0 saturated heterocycles. The molecule has 1 aliphatic rings. The minimum atomic E-state index is -1.51. The second-order valence-electron chi connectivity index (χ2n) is 4.10. The first kappa shape index (κ1) is 12.3. The fourth-order valence-corrected chi connectivity index (χ4v) is 2.94. The van der Waals surface area contributed by atoms with Crippen molar-refractivity contribution in [3.8, 4) is 11.4 Å². The van der Waals surface area contributed by atoms with E-state index in [-0.39, 0.29) is 11.4 Å². The smallest absolute Gasteiger partial charge is 0.194 e. The Hall–Kier alpha value is -1.76. The van der Waals surface area contributed by atoms with Gasteiger partial charge in [0.05, 0.1) is 5.69 Å². The van der Waals surface area contributed by atoms with Crippen LogP contribution in [0.2, 0.25) is 0 Å². The summed E-state index contributed by atoms with van der Waals surface area (Å²) < 4.78 is 39.3. The van der Waals surface area contributed by atoms with Crippen LogP contribution in [-0.4, -0.2) is 9.97 Å². The summed E-state index contributed by atoms with van der Waals surface area (Å²) in [7, 11) is 0. The largest absolute Gasteiger partial charge is 0.383 e. The molecule has 2 N–H and O–H groups in total. The second kappa shape index (κ2) is 4.41. The van der Waals surface area contributed by atoms with Gasteiger partial charge in [0, 0.05) is 22.6 Å². The zero-order chi connectivity index (χ0) is 13.6. The highest BCUT2D eigenvalue weighted by Gasteiger charge is 2.20. The summed E-state index contributed by atoms with van der Waals surface area (Å²) in [5, 5.41) is 0. The number of thioether (sulfide) groups is 1. The van der Waals surface area contributed by atoms with Crippen LogP contribution in [0.4, 0.5) is 19.0 Å². The number of hydrogen-bond acceptors (Lipinski definition) is 4. The topological polar surface area (TPSA) is 51.8 Å². The maximum absolute atomic E-state index is 13.2. The van der Waals surface area contributed by atoms with E-state index in [1.165, 1.54) is 0 Å². The highest BCUT2D eigenvalue weighted by atomic mass is 32.2. The molecule has 3 nitrogen and oxygen atoms in total. The van der Waals surface area contributed by atoms with Crippen LogP contribution in [-0.2, 0) is 11.5 Å². The van der Waals surface area contributed by atoms with E-state index < -0.39 is 17.5 Å². The zero-order valence-electron chi connectivity index (χ0n) is 9.58. The number of hydrogen-bond donors (Lipinski definition) is 1. The Bertz CT molecular complexity index is 653. The number of benzene rings is 1. The Morgan fingerprint density at radius 3 is 2.42 bits per heavy atom. The third-order valence-electron chi connectivity index (χ3n) is 2.85. The summed E-state index contributed by atoms with van der Waals surface area (Å²) in [6, 6.07) is 1.73. The fraction of sp³-hybridized carbons (Fsp3) is 0.167. The quantitative estimate of drug-likeness (QED) is 0.818. The van der Waals surface area contributed by atoms with Gasteiger partial charge in [-0.05, 0) is 12.1 Å². The molecule has 1 aromatic carbocycles. The van der Waals surface area contributed by atoms with Crippen LogP contribution >= 0.6 is 11.8 Å². The molecule has 1 aliphatic heterocycles. The van der Waals surface area contributed by atoms with Crippen molar-refractivity contribution >= 4 is 17.6 Å². The lowest BCUT2D eigenvalue weighted by Gasteiger charge is -2.07. The number of halogens is 3. The van der Waals surface area contributed by atoms with Crippen LogP contribution in [0, 0.1) is 17.5 Å². The van der Waals surface area contributed by atoms with Crippen LogP contribution in [0.1, 0.15) is 11.3 Å². The molecular formula is C12H8F3N3S. The Morgan fingerprint density at radius 2 is 1.74 bits per heavy atom. The van der Waals surface area contributed by atoms with Crippen LogP contribution in [0.3, 0.4) is 0 Å². The molecule has 0 spiro atoms. The first-order chi connectivity index (χ1) is 9.06. The van der Waals surface area contributed by atoms with Gasteiger partial charge >= 0.3 is 0 Å². The third-order valence-corrected chi connectivity index (χ3v) is 3.82. The van der Waals surface area contributed by atoms with Gasteiger partial charge in [0.25, 0.3) is 0 Å². The molecule has 0 aliphatic carbocycles. The molecule has 0 atom stereocenters. The molecule has 0 fully saturated rings. The van der Waals surface area contributed by atoms with Gasteiger partial charge in [-0.3, -0.25) is 0 Å². The molecule has 2 aromatic rings. The van der Waals surface area contributed by atoms with Crippen molar-refractivity contribution < 1.29 is 13.2 Å². The average Bonchev–Trinajstić information content (AvgIpc) is 2.84. The minimum Gasteiger partial charge on any atom is -0.383 e. The first-order valence-electron chi connectivity index (χ1n) is 5.44. The van der Waals surface area contributed by atoms with E-state index in [0.29, 0.717) is 11.6 Å². The lowest BCUT2D eigenvalue weighted by Crippen LogP contribution is -2.03. The highest BCUT2D eigenvalue weighted by molar-refractivity contribution is 7.98. The van der Waals surface area contributed by atoms with E-state index in [0.717, 1.165) is 29.1 Å². The Labute approximate surface area is 111 Å². The Morgan fingerprint density at radius 1 is 1.05 bits per heavy atom. The fourth-order valence-electron chi connectivity index (χ4n) is 1.89. The number of nitrogens with two attached hydrogens (primary N) is 1. The van der Waals surface area contributed by atoms with Gasteiger partial charge < -0.3 is 5.73 Å². The Kier molecular flexibility index (Phi) is 2.85. The second-order valence-corrected chi connectivity index (χ2v) is 5.09. The molecule has 1 aromatic heterocycles. The van der Waals surface area contributed by atoms with Gasteiger partial charge in [0.15, 0.2) is 23.3 Å². The van der Waals surface area contributed by atoms with Crippen molar-refractivity contribution in [1.82, 2.24) is 9.97 Å². The average molecular weight is 283 g/mol. The minimum absolute atomic E-state index is 0.0720. The molecule has 0 amide bonds. The van der Waals surface area contributed by atoms with Gasteiger partial charge in [-0.2, -0.15) is 11.8 Å². The number of aromatic nitrogens is 2. The van der Waals surface area contributed by atoms with E-state index in [1.54, 1.807) is 11.8 Å². The van der Waals surface area contributed by atoms with Crippen molar-refractivity contribution in [2.45, 2.75) is 11.5 Å². The predicted octanol–water partition coefficient (Wildman–Crippen LogP) is 2.89. The zero-order valence-corrected chi connectivity index (χ0v) is 10.4. The molecule has 3 rings (SSSR count). The summed E-state index contributed by atoms with van der Waals surface area (Å²) in [6.45, 7) is 0. The van der Waals surface area contributed by atoms with Crippen molar-refractivity contribution in [3.63, 3.8) is 0 Å². The number of rotatable bonds is 1. The van der Waals surface area contributed by atoms with Gasteiger partial charge in [0.1, 0.15) is 5.82 Å². The van der Waals surface area contributed by atoms with Gasteiger partial charge in [-0.15, -0.1) is 0 Å². The lowest BCUT2D eigenvalue weighted by atomic mass is 10.1. The number of fused-ring (bicyclic) bond motifs is 1. The van der Waals surface area contributed by atoms with Crippen molar-refractivity contribution in [1.29, 1.82) is 0 Å². The maximum atomic E-state index is 13.2. The SMILES string of the molecule is Nc1nc(-c2cc(F)c(F)c(F)c2)nc2c1CSC2. The summed E-state index contributed by atoms with van der Waals surface area (Å²) in [6.07, 6.45) is 0. The third kappa shape index (κ3) is 2.03. The molecule has 0 unspecified atom stereocenters. The van der Waals surface area contributed by atoms with E-state index in [1.807, 2.05) is 0 Å². The van der Waals surface area contributed by atoms with Crippen LogP contribution < -0.4 is 5.73 Å². The molecule has 0 saturated carbocycles. The molecule has 0 bridgehead atoms. The normalized spacial score (nSPS) is 13.6. The number of anilines is 1. The van der Waals surface area contributed by atoms with Crippen molar-refractivity contribution in [2.24, 2.45) is 0 Å². The van der Waals surface area contributed by atoms with E-state index in [2.05, 4.69) is 9.97 Å². The van der Waals surface area contributed by atoms with E-state index >= 15 is 0 Å². The summed E-state index contributed by atoms with van der Waals surface area (Å²) in [4.78, 5) is 8.25. The Balaban J connectivity index is 2.15. The molecular weight excluding hydrogens is 275 g/mol. The highest BCUT2D eigenvalue weighted by Crippen LogP contribution is 2.33. The molecule has 98 valence electrons. The standard InChI is InChI=1S/C12H8F3N3S/c13-7-1-5(2-8(14)10(7)15)12-17-9-4-19-3-6(9)11(16)18-12/h1-2H,3-4H2,(H2,16,17,18). The lowest BCUT2D eigenvalue weighted by molar-refractivity contribution is 0.447. The monoisotopic (exact) mass is 283 g/mol. The molecule has 2 heterocycles. The van der Waals surface area contributed by atoms with Gasteiger partial charge in [0.2, 0.25) is 0 Å². The van der Waals surface area contributed by atoms with E-state index in [9.17, 15) is 13.2 Å². The predicted molar refractivity (Wildman–Crippen MR) is 66.8 cm³/mol. The first-order valence-corrected chi connectivity index (χ1v) is 6.59. The van der Waals surface area contributed by atoms with Crippen molar-refractivity contribution in [2.75, 3.05) is 5.73 Å². The van der Waals surface area contributed by atoms with E-state index in [4.69, 9.17) is 5.73 Å². The number of nitrogens with zero attached hydrogens (tertiary/aromatic N) is 2. The summed E-state index contributed by atoms with van der Waals surface area (Å²) in [5.74, 6) is -2.23. The maximum Gasteiger partial charge on any atom is 0.194 e. The van der Waals surface area contributed by atoms with Crippen LogP contribution in [0.5, 0.6) is 0 Å². The van der Waals surface area contributed by atoms with Crippen molar-refractivity contribution in [3.05, 3.63) is 40.8 Å². The molecule has 19 heavy (non-hydrogen) atoms. The summed E-state index contributed by atoms with van der Waals surface area (Å²) >= 11 is 1.64. The molecule has 0 radical (unpaired) electrons. The van der Waals surface area contributed by atoms with Gasteiger partial charge in [-0.1, -0.05) is 0 Å². The van der Waals surface area contributed by atoms with Crippen LogP contribution in [0.15, 0.2) is 12.1 Å². The molecule has 7 heteroatoms.